The van der Waals surface area contributed by atoms with E-state index in [4.69, 9.17) is 12.6 Å². The van der Waals surface area contributed by atoms with E-state index in [1.54, 1.807) is 0 Å². The Labute approximate surface area is 171 Å². The number of ether oxygens (including phenoxy) is 1. The Morgan fingerprint density at radius 2 is 1.97 bits per heavy atom. The summed E-state index contributed by atoms with van der Waals surface area (Å²) in [5, 5.41) is 3.95. The molecule has 2 radical (unpaired) electrons. The van der Waals surface area contributed by atoms with Gasteiger partial charge in [-0.3, -0.25) is 14.1 Å². The van der Waals surface area contributed by atoms with Crippen molar-refractivity contribution in [1.29, 1.82) is 0 Å². The lowest BCUT2D eigenvalue weighted by Crippen LogP contribution is -2.20. The summed E-state index contributed by atoms with van der Waals surface area (Å²) in [7, 11) is 3.01. The molecule has 0 unspecified atom stereocenters. The molecule has 0 saturated heterocycles. The third kappa shape index (κ3) is 3.43. The molecule has 0 amide bonds. The molecule has 2 aromatic heterocycles. The van der Waals surface area contributed by atoms with Crippen molar-refractivity contribution in [1.82, 2.24) is 9.72 Å². The van der Waals surface area contributed by atoms with Gasteiger partial charge < -0.3 is 9.26 Å². The number of halogens is 1. The van der Waals surface area contributed by atoms with Crippen LogP contribution in [0.25, 0.3) is 16.6 Å². The molecule has 11 heteroatoms. The Morgan fingerprint density at radius 1 is 1.17 bits per heavy atom. The maximum atomic E-state index is 14.1. The zero-order chi connectivity index (χ0) is 21.5. The highest BCUT2D eigenvalue weighted by atomic mass is 32.2. The molecule has 8 nitrogen and oxygen atoms in total. The summed E-state index contributed by atoms with van der Waals surface area (Å²) >= 11 is 0. The highest BCUT2D eigenvalue weighted by molar-refractivity contribution is 7.92. The molecule has 0 aliphatic heterocycles. The molecule has 4 rings (SSSR count). The summed E-state index contributed by atoms with van der Waals surface area (Å²) < 4.78 is 52.7. The number of anilines is 1. The molecule has 4 aromatic rings. The molecular weight excluding hydrogens is 412 g/mol. The molecule has 30 heavy (non-hydrogen) atoms. The van der Waals surface area contributed by atoms with Crippen LogP contribution in [0.3, 0.4) is 0 Å². The summed E-state index contributed by atoms with van der Waals surface area (Å²) in [6.45, 7) is 0. The molecule has 2 heterocycles. The van der Waals surface area contributed by atoms with Gasteiger partial charge in [0.2, 0.25) is 0 Å². The number of pyridine rings is 1. The first kappa shape index (κ1) is 19.7. The molecule has 0 fully saturated rings. The van der Waals surface area contributed by atoms with Gasteiger partial charge >= 0.3 is 0 Å². The smallest absolute Gasteiger partial charge is 0.263 e. The number of hydrogen-bond donors (Lipinski definition) is 1. The predicted molar refractivity (Wildman–Crippen MR) is 109 cm³/mol. The summed E-state index contributed by atoms with van der Waals surface area (Å²) in [4.78, 5) is 12.5. The van der Waals surface area contributed by atoms with E-state index in [0.29, 0.717) is 10.9 Å². The second kappa shape index (κ2) is 7.34. The van der Waals surface area contributed by atoms with Gasteiger partial charge in [0.1, 0.15) is 25.7 Å². The first-order chi connectivity index (χ1) is 14.3. The van der Waals surface area contributed by atoms with E-state index in [1.165, 1.54) is 60.4 Å². The van der Waals surface area contributed by atoms with E-state index in [0.717, 1.165) is 6.07 Å². The van der Waals surface area contributed by atoms with E-state index in [9.17, 15) is 17.6 Å². The van der Waals surface area contributed by atoms with Gasteiger partial charge in [0.15, 0.2) is 5.82 Å². The molecule has 0 spiro atoms. The van der Waals surface area contributed by atoms with E-state index in [2.05, 4.69) is 14.4 Å². The molecule has 2 aromatic carbocycles. The average Bonchev–Trinajstić information content (AvgIpc) is 3.21. The molecule has 0 aliphatic carbocycles. The molecule has 0 bridgehead atoms. The van der Waals surface area contributed by atoms with Crippen LogP contribution in [0.15, 0.2) is 69.0 Å². The maximum Gasteiger partial charge on any atom is 0.263 e. The Hall–Kier alpha value is -3.60. The fourth-order valence-corrected chi connectivity index (χ4v) is 4.03. The largest absolute Gasteiger partial charge is 0.495 e. The number of benzene rings is 2. The maximum absolute atomic E-state index is 14.1. The number of sulfonamides is 1. The zero-order valence-electron chi connectivity index (χ0n) is 15.5. The highest BCUT2D eigenvalue weighted by Crippen LogP contribution is 2.26. The Morgan fingerprint density at radius 3 is 2.67 bits per heavy atom. The van der Waals surface area contributed by atoms with E-state index in [-0.39, 0.29) is 27.6 Å². The number of nitrogens with one attached hydrogen (secondary N) is 1. The molecular formula is C19H13BFN3O5S. The first-order valence-electron chi connectivity index (χ1n) is 8.52. The van der Waals surface area contributed by atoms with Crippen molar-refractivity contribution in [2.24, 2.45) is 0 Å². The van der Waals surface area contributed by atoms with E-state index < -0.39 is 21.4 Å². The highest BCUT2D eigenvalue weighted by Gasteiger charge is 2.18. The number of nitrogens with zero attached hydrogens (tertiary/aromatic N) is 2. The van der Waals surface area contributed by atoms with Crippen LogP contribution in [0.5, 0.6) is 5.75 Å². The minimum absolute atomic E-state index is 0.0298. The van der Waals surface area contributed by atoms with Crippen LogP contribution in [0.1, 0.15) is 0 Å². The summed E-state index contributed by atoms with van der Waals surface area (Å²) in [6.07, 6.45) is 1.23. The minimum atomic E-state index is -3.95. The molecule has 0 aliphatic rings. The summed E-state index contributed by atoms with van der Waals surface area (Å²) in [5.74, 6) is -0.499. The van der Waals surface area contributed by atoms with Crippen LogP contribution in [0.4, 0.5) is 10.2 Å². The number of aromatic nitrogens is 2. The van der Waals surface area contributed by atoms with Crippen LogP contribution < -0.4 is 20.5 Å². The van der Waals surface area contributed by atoms with Gasteiger partial charge in [0, 0.05) is 23.6 Å². The molecule has 1 N–H and O–H groups in total. The van der Waals surface area contributed by atoms with Gasteiger partial charge in [-0.05, 0) is 30.3 Å². The molecule has 0 saturated carbocycles. The van der Waals surface area contributed by atoms with Gasteiger partial charge in [0.25, 0.3) is 15.6 Å². The SMILES string of the molecule is [B]c1cc(OC)c(-n2c(=O)ccc3cc(S(=O)(=O)Nc4ccon4)ccc32)cc1F. The lowest BCUT2D eigenvalue weighted by Gasteiger charge is -2.15. The third-order valence-electron chi connectivity index (χ3n) is 4.39. The van der Waals surface area contributed by atoms with E-state index in [1.807, 2.05) is 0 Å². The normalized spacial score (nSPS) is 11.5. The van der Waals surface area contributed by atoms with Crippen molar-refractivity contribution >= 4 is 40.1 Å². The van der Waals surface area contributed by atoms with Gasteiger partial charge in [-0.25, -0.2) is 12.8 Å². The Bertz CT molecular complexity index is 1420. The van der Waals surface area contributed by atoms with Crippen LogP contribution in [-0.2, 0) is 10.0 Å². The fourth-order valence-electron chi connectivity index (χ4n) is 3.00. The summed E-state index contributed by atoms with van der Waals surface area (Å²) in [6, 6.07) is 10.6. The number of hydrogen-bond acceptors (Lipinski definition) is 6. The second-order valence-corrected chi connectivity index (χ2v) is 7.95. The van der Waals surface area contributed by atoms with Gasteiger partial charge in [0.05, 0.1) is 23.2 Å². The van der Waals surface area contributed by atoms with Crippen LogP contribution in [0.2, 0.25) is 0 Å². The van der Waals surface area contributed by atoms with Crippen molar-refractivity contribution in [2.45, 2.75) is 4.90 Å². The monoisotopic (exact) mass is 425 g/mol. The van der Waals surface area contributed by atoms with Crippen molar-refractivity contribution in [3.8, 4) is 11.4 Å². The quantitative estimate of drug-likeness (QED) is 0.489. The fraction of sp³-hybridized carbons (Fsp3) is 0.0526. The number of fused-ring (bicyclic) bond motifs is 1. The third-order valence-corrected chi connectivity index (χ3v) is 5.74. The van der Waals surface area contributed by atoms with E-state index >= 15 is 0 Å². The lowest BCUT2D eigenvalue weighted by molar-refractivity contribution is 0.412. The van der Waals surface area contributed by atoms with Crippen molar-refractivity contribution < 1.29 is 22.1 Å². The van der Waals surface area contributed by atoms with Crippen molar-refractivity contribution in [3.63, 3.8) is 0 Å². The van der Waals surface area contributed by atoms with Gasteiger partial charge in [-0.1, -0.05) is 10.6 Å². The first-order valence-corrected chi connectivity index (χ1v) is 10.0. The van der Waals surface area contributed by atoms with Gasteiger partial charge in [-0.15, -0.1) is 0 Å². The Kier molecular flexibility index (Phi) is 4.82. The number of methoxy groups -OCH3 is 1. The Balaban J connectivity index is 1.89. The summed E-state index contributed by atoms with van der Waals surface area (Å²) in [5.41, 5.74) is -0.0982. The number of rotatable bonds is 5. The molecule has 150 valence electrons. The van der Waals surface area contributed by atoms with Crippen LogP contribution >= 0.6 is 0 Å². The standard InChI is InChI=1S/C19H13BFN3O5S/c1-28-17-9-13(20)14(21)10-16(17)24-15-4-3-12(8-11(15)2-5-19(24)25)30(26,27)23-18-6-7-29-22-18/h2-10H,1H3,(H,22,23). The van der Waals surface area contributed by atoms with Crippen LogP contribution in [0, 0.1) is 5.82 Å². The molecule has 0 atom stereocenters. The van der Waals surface area contributed by atoms with Gasteiger partial charge in [-0.2, -0.15) is 0 Å². The predicted octanol–water partition coefficient (Wildman–Crippen LogP) is 1.72. The topological polar surface area (TPSA) is 103 Å². The second-order valence-electron chi connectivity index (χ2n) is 6.26. The van der Waals surface area contributed by atoms with Crippen molar-refractivity contribution in [3.05, 3.63) is 71.0 Å². The van der Waals surface area contributed by atoms with Crippen molar-refractivity contribution in [2.75, 3.05) is 11.8 Å². The average molecular weight is 425 g/mol. The van der Waals surface area contributed by atoms with Crippen LogP contribution in [-0.4, -0.2) is 33.1 Å². The lowest BCUT2D eigenvalue weighted by atomic mass is 9.94. The minimum Gasteiger partial charge on any atom is -0.495 e. The zero-order valence-corrected chi connectivity index (χ0v) is 16.3.